The Labute approximate surface area is 82.8 Å². The maximum atomic E-state index is 11.0. The predicted octanol–water partition coefficient (Wildman–Crippen LogP) is -2.51. The fraction of sp³-hybridized carbons (Fsp3) is 0.875. The zero-order chi connectivity index (χ0) is 10.6. The highest BCUT2D eigenvalue weighted by Crippen LogP contribution is 2.06. The van der Waals surface area contributed by atoms with E-state index in [1.54, 1.807) is 0 Å². The molecular weight excluding hydrogens is 186 g/mol. The van der Waals surface area contributed by atoms with Gasteiger partial charge in [-0.3, -0.25) is 9.69 Å². The maximum Gasteiger partial charge on any atom is 0.237 e. The van der Waals surface area contributed by atoms with Crippen LogP contribution < -0.4 is 11.5 Å². The molecule has 1 rings (SSSR count). The summed E-state index contributed by atoms with van der Waals surface area (Å²) in [6, 6.07) is -0.440. The van der Waals surface area contributed by atoms with E-state index < -0.39 is 18.1 Å². The van der Waals surface area contributed by atoms with E-state index in [0.717, 1.165) is 0 Å². The van der Waals surface area contributed by atoms with E-state index in [1.807, 2.05) is 4.90 Å². The largest absolute Gasteiger partial charge is 0.390 e. The SMILES string of the molecule is NCC(O)CN1CCOCC1C(N)=O. The number of aliphatic hydroxyl groups is 1. The van der Waals surface area contributed by atoms with Crippen LogP contribution in [0.25, 0.3) is 0 Å². The van der Waals surface area contributed by atoms with E-state index in [4.69, 9.17) is 16.2 Å². The Morgan fingerprint density at radius 1 is 1.71 bits per heavy atom. The smallest absolute Gasteiger partial charge is 0.237 e. The van der Waals surface area contributed by atoms with Crippen molar-refractivity contribution in [1.82, 2.24) is 4.90 Å². The molecule has 1 amide bonds. The molecule has 0 aliphatic carbocycles. The van der Waals surface area contributed by atoms with E-state index in [1.165, 1.54) is 0 Å². The van der Waals surface area contributed by atoms with E-state index in [2.05, 4.69) is 0 Å². The number of β-amino-alcohol motifs (C(OH)–C–C–N with tert-alkyl or cyclic N) is 1. The molecule has 14 heavy (non-hydrogen) atoms. The van der Waals surface area contributed by atoms with Crippen LogP contribution in [0.15, 0.2) is 0 Å². The Morgan fingerprint density at radius 3 is 3.00 bits per heavy atom. The van der Waals surface area contributed by atoms with Crippen molar-refractivity contribution in [3.8, 4) is 0 Å². The summed E-state index contributed by atoms with van der Waals surface area (Å²) in [5.41, 5.74) is 10.5. The molecule has 0 radical (unpaired) electrons. The van der Waals surface area contributed by atoms with Gasteiger partial charge in [0, 0.05) is 19.6 Å². The lowest BCUT2D eigenvalue weighted by atomic mass is 10.2. The molecule has 0 bridgehead atoms. The summed E-state index contributed by atoms with van der Waals surface area (Å²) in [6.45, 7) is 2.01. The molecule has 0 saturated carbocycles. The molecule has 6 heteroatoms. The Hall–Kier alpha value is -0.690. The van der Waals surface area contributed by atoms with Gasteiger partial charge in [-0.1, -0.05) is 0 Å². The van der Waals surface area contributed by atoms with E-state index >= 15 is 0 Å². The van der Waals surface area contributed by atoms with Crippen molar-refractivity contribution < 1.29 is 14.6 Å². The van der Waals surface area contributed by atoms with Gasteiger partial charge in [-0.15, -0.1) is 0 Å². The molecule has 2 atom stereocenters. The van der Waals surface area contributed by atoms with Crippen LogP contribution in [-0.2, 0) is 9.53 Å². The van der Waals surface area contributed by atoms with Crippen LogP contribution >= 0.6 is 0 Å². The van der Waals surface area contributed by atoms with Crippen LogP contribution in [0.1, 0.15) is 0 Å². The van der Waals surface area contributed by atoms with Gasteiger partial charge in [0.2, 0.25) is 5.91 Å². The van der Waals surface area contributed by atoms with Crippen LogP contribution in [0.4, 0.5) is 0 Å². The van der Waals surface area contributed by atoms with Crippen molar-refractivity contribution >= 4 is 5.91 Å². The highest BCUT2D eigenvalue weighted by molar-refractivity contribution is 5.80. The summed E-state index contributed by atoms with van der Waals surface area (Å²) in [5, 5.41) is 9.35. The van der Waals surface area contributed by atoms with Crippen molar-refractivity contribution in [2.45, 2.75) is 12.1 Å². The predicted molar refractivity (Wildman–Crippen MR) is 50.4 cm³/mol. The Morgan fingerprint density at radius 2 is 2.43 bits per heavy atom. The number of hydrogen-bond acceptors (Lipinski definition) is 5. The number of carbonyl (C=O) groups excluding carboxylic acids is 1. The lowest BCUT2D eigenvalue weighted by molar-refractivity contribution is -0.130. The normalized spacial score (nSPS) is 26.0. The second kappa shape index (κ2) is 5.26. The highest BCUT2D eigenvalue weighted by Gasteiger charge is 2.28. The lowest BCUT2D eigenvalue weighted by Crippen LogP contribution is -2.55. The van der Waals surface area contributed by atoms with Gasteiger partial charge in [0.1, 0.15) is 6.04 Å². The van der Waals surface area contributed by atoms with Crippen LogP contribution in [-0.4, -0.2) is 60.9 Å². The number of hydrogen-bond donors (Lipinski definition) is 3. The molecule has 0 spiro atoms. The molecule has 1 fully saturated rings. The van der Waals surface area contributed by atoms with E-state index in [9.17, 15) is 9.90 Å². The summed E-state index contributed by atoms with van der Waals surface area (Å²) in [4.78, 5) is 12.8. The van der Waals surface area contributed by atoms with Crippen molar-refractivity contribution in [3.63, 3.8) is 0 Å². The molecule has 1 aliphatic rings. The maximum absolute atomic E-state index is 11.0. The average molecular weight is 203 g/mol. The first-order chi connectivity index (χ1) is 6.65. The van der Waals surface area contributed by atoms with Gasteiger partial charge in [-0.05, 0) is 0 Å². The fourth-order valence-corrected chi connectivity index (χ4v) is 1.46. The summed E-state index contributed by atoms with van der Waals surface area (Å²) in [7, 11) is 0. The summed E-state index contributed by atoms with van der Waals surface area (Å²) < 4.78 is 5.13. The molecule has 82 valence electrons. The Balaban J connectivity index is 2.49. The molecule has 6 nitrogen and oxygen atoms in total. The van der Waals surface area contributed by atoms with Crippen LogP contribution in [0.3, 0.4) is 0 Å². The fourth-order valence-electron chi connectivity index (χ4n) is 1.46. The molecule has 5 N–H and O–H groups in total. The first-order valence-electron chi connectivity index (χ1n) is 4.64. The third kappa shape index (κ3) is 2.91. The van der Waals surface area contributed by atoms with Gasteiger partial charge in [-0.25, -0.2) is 0 Å². The Bertz CT molecular complexity index is 200. The number of morpholine rings is 1. The topological polar surface area (TPSA) is 102 Å². The van der Waals surface area contributed by atoms with Gasteiger partial charge in [0.15, 0.2) is 0 Å². The first-order valence-corrected chi connectivity index (χ1v) is 4.64. The van der Waals surface area contributed by atoms with E-state index in [-0.39, 0.29) is 6.54 Å². The monoisotopic (exact) mass is 203 g/mol. The number of nitrogens with two attached hydrogens (primary N) is 2. The van der Waals surface area contributed by atoms with Crippen molar-refractivity contribution in [2.24, 2.45) is 11.5 Å². The third-order valence-corrected chi connectivity index (χ3v) is 2.29. The van der Waals surface area contributed by atoms with Gasteiger partial charge in [0.05, 0.1) is 19.3 Å². The van der Waals surface area contributed by atoms with Gasteiger partial charge >= 0.3 is 0 Å². The number of aliphatic hydroxyl groups excluding tert-OH is 1. The van der Waals surface area contributed by atoms with Crippen molar-refractivity contribution in [1.29, 1.82) is 0 Å². The molecule has 0 aromatic carbocycles. The number of rotatable bonds is 4. The standard InChI is InChI=1S/C8H17N3O3/c9-3-6(12)4-11-1-2-14-5-7(11)8(10)13/h6-7,12H,1-5,9H2,(H2,10,13). The summed E-state index contributed by atoms with van der Waals surface area (Å²) in [5.74, 6) is -0.422. The number of primary amides is 1. The van der Waals surface area contributed by atoms with Crippen LogP contribution in [0.5, 0.6) is 0 Å². The van der Waals surface area contributed by atoms with Crippen molar-refractivity contribution in [2.75, 3.05) is 32.8 Å². The third-order valence-electron chi connectivity index (χ3n) is 2.29. The summed E-state index contributed by atoms with van der Waals surface area (Å²) in [6.07, 6.45) is -0.616. The molecule has 0 aromatic heterocycles. The van der Waals surface area contributed by atoms with Crippen molar-refractivity contribution in [3.05, 3.63) is 0 Å². The Kier molecular flexibility index (Phi) is 4.27. The molecule has 1 saturated heterocycles. The number of carbonyl (C=O) groups is 1. The van der Waals surface area contributed by atoms with E-state index in [0.29, 0.717) is 26.3 Å². The minimum Gasteiger partial charge on any atom is -0.390 e. The first kappa shape index (κ1) is 11.4. The number of ether oxygens (including phenoxy) is 1. The van der Waals surface area contributed by atoms with Gasteiger partial charge < -0.3 is 21.3 Å². The number of amides is 1. The molecule has 0 aromatic rings. The summed E-state index contributed by atoms with van der Waals surface area (Å²) >= 11 is 0. The average Bonchev–Trinajstić information content (AvgIpc) is 2.18. The molecular formula is C8H17N3O3. The highest BCUT2D eigenvalue weighted by atomic mass is 16.5. The second-order valence-electron chi connectivity index (χ2n) is 3.38. The van der Waals surface area contributed by atoms with Crippen LogP contribution in [0, 0.1) is 0 Å². The molecule has 2 unspecified atom stereocenters. The van der Waals surface area contributed by atoms with Gasteiger partial charge in [0.25, 0.3) is 0 Å². The quantitative estimate of drug-likeness (QED) is 0.468. The second-order valence-corrected chi connectivity index (χ2v) is 3.38. The minimum absolute atomic E-state index is 0.183. The molecule has 1 aliphatic heterocycles. The minimum atomic E-state index is -0.616. The lowest BCUT2D eigenvalue weighted by Gasteiger charge is -2.34. The number of nitrogens with zero attached hydrogens (tertiary/aromatic N) is 1. The zero-order valence-corrected chi connectivity index (χ0v) is 8.06. The van der Waals surface area contributed by atoms with Crippen LogP contribution in [0.2, 0.25) is 0 Å². The van der Waals surface area contributed by atoms with Gasteiger partial charge in [-0.2, -0.15) is 0 Å². The molecule has 1 heterocycles. The zero-order valence-electron chi connectivity index (χ0n) is 8.06.